The summed E-state index contributed by atoms with van der Waals surface area (Å²) in [6.07, 6.45) is 0. The normalized spacial score (nSPS) is 11.1. The summed E-state index contributed by atoms with van der Waals surface area (Å²) in [6, 6.07) is 17.1. The summed E-state index contributed by atoms with van der Waals surface area (Å²) in [5.74, 6) is -1.95. The van der Waals surface area contributed by atoms with Crippen LogP contribution in [0.3, 0.4) is 0 Å². The van der Waals surface area contributed by atoms with Gasteiger partial charge in [0.2, 0.25) is 0 Å². The highest BCUT2D eigenvalue weighted by Crippen LogP contribution is 2.14. The molecule has 146 valence electrons. The first-order chi connectivity index (χ1) is 13.9. The molecule has 0 saturated carbocycles. The van der Waals surface area contributed by atoms with Crippen LogP contribution < -0.4 is 11.2 Å². The molecule has 0 aliphatic rings. The van der Waals surface area contributed by atoms with Gasteiger partial charge >= 0.3 is 5.69 Å². The summed E-state index contributed by atoms with van der Waals surface area (Å²) >= 11 is 6.02. The summed E-state index contributed by atoms with van der Waals surface area (Å²) < 4.78 is 29.4. The van der Waals surface area contributed by atoms with E-state index in [0.29, 0.717) is 27.1 Å². The fourth-order valence-electron chi connectivity index (χ4n) is 3.30. The highest BCUT2D eigenvalue weighted by Gasteiger charge is 2.14. The van der Waals surface area contributed by atoms with Gasteiger partial charge < -0.3 is 0 Å². The Labute approximate surface area is 169 Å². The van der Waals surface area contributed by atoms with Gasteiger partial charge in [0.25, 0.3) is 5.56 Å². The second kappa shape index (κ2) is 7.64. The molecule has 1 aromatic heterocycles. The number of hydrogen-bond donors (Lipinski definition) is 0. The molecule has 0 fully saturated rings. The zero-order valence-electron chi connectivity index (χ0n) is 15.1. The molecule has 4 nitrogen and oxygen atoms in total. The predicted octanol–water partition coefficient (Wildman–Crippen LogP) is 4.19. The lowest BCUT2D eigenvalue weighted by molar-refractivity contribution is 0.506. The van der Waals surface area contributed by atoms with Crippen LogP contribution in [0.1, 0.15) is 11.1 Å². The Balaban J connectivity index is 1.90. The zero-order valence-corrected chi connectivity index (χ0v) is 15.9. The number of para-hydroxylation sites is 1. The lowest BCUT2D eigenvalue weighted by Crippen LogP contribution is -2.40. The molecule has 0 bridgehead atoms. The van der Waals surface area contributed by atoms with Gasteiger partial charge in [-0.3, -0.25) is 13.9 Å². The summed E-state index contributed by atoms with van der Waals surface area (Å²) in [5, 5.41) is 0.857. The number of benzene rings is 3. The van der Waals surface area contributed by atoms with Crippen LogP contribution in [0.4, 0.5) is 8.78 Å². The van der Waals surface area contributed by atoms with Gasteiger partial charge in [0.15, 0.2) is 11.6 Å². The number of nitrogens with zero attached hydrogens (tertiary/aromatic N) is 2. The minimum atomic E-state index is -0.993. The van der Waals surface area contributed by atoms with Crippen molar-refractivity contribution in [3.8, 4) is 0 Å². The van der Waals surface area contributed by atoms with Gasteiger partial charge in [-0.25, -0.2) is 13.6 Å². The topological polar surface area (TPSA) is 44.0 Å². The number of fused-ring (bicyclic) bond motifs is 1. The van der Waals surface area contributed by atoms with Crippen LogP contribution >= 0.6 is 11.6 Å². The summed E-state index contributed by atoms with van der Waals surface area (Å²) in [7, 11) is 0. The second-order valence-electron chi connectivity index (χ2n) is 6.66. The zero-order chi connectivity index (χ0) is 20.5. The Morgan fingerprint density at radius 3 is 2.24 bits per heavy atom. The van der Waals surface area contributed by atoms with Crippen LogP contribution in [-0.4, -0.2) is 9.13 Å². The van der Waals surface area contributed by atoms with Crippen molar-refractivity contribution >= 4 is 22.5 Å². The highest BCUT2D eigenvalue weighted by molar-refractivity contribution is 6.30. The number of halogens is 3. The van der Waals surface area contributed by atoms with Crippen LogP contribution in [0.25, 0.3) is 10.9 Å². The summed E-state index contributed by atoms with van der Waals surface area (Å²) in [5.41, 5.74) is 0.565. The van der Waals surface area contributed by atoms with Crippen LogP contribution in [0.5, 0.6) is 0 Å². The van der Waals surface area contributed by atoms with Crippen molar-refractivity contribution in [3.05, 3.63) is 115 Å². The van der Waals surface area contributed by atoms with Crippen molar-refractivity contribution in [3.63, 3.8) is 0 Å². The van der Waals surface area contributed by atoms with Crippen molar-refractivity contribution in [2.45, 2.75) is 13.1 Å². The van der Waals surface area contributed by atoms with Crippen LogP contribution in [0, 0.1) is 11.6 Å². The van der Waals surface area contributed by atoms with E-state index in [-0.39, 0.29) is 13.1 Å². The second-order valence-corrected chi connectivity index (χ2v) is 7.09. The Morgan fingerprint density at radius 1 is 0.759 bits per heavy atom. The minimum Gasteiger partial charge on any atom is -0.289 e. The highest BCUT2D eigenvalue weighted by atomic mass is 35.5. The molecule has 1 heterocycles. The first kappa shape index (κ1) is 19.1. The first-order valence-corrected chi connectivity index (χ1v) is 9.22. The van der Waals surface area contributed by atoms with E-state index >= 15 is 0 Å². The lowest BCUT2D eigenvalue weighted by Gasteiger charge is -2.14. The monoisotopic (exact) mass is 412 g/mol. The maximum Gasteiger partial charge on any atom is 0.332 e. The fraction of sp³-hybridized carbons (Fsp3) is 0.0909. The van der Waals surface area contributed by atoms with E-state index in [4.69, 9.17) is 11.6 Å². The predicted molar refractivity (Wildman–Crippen MR) is 108 cm³/mol. The van der Waals surface area contributed by atoms with Crippen LogP contribution in [0.2, 0.25) is 5.02 Å². The lowest BCUT2D eigenvalue weighted by atomic mass is 10.2. The van der Waals surface area contributed by atoms with Crippen molar-refractivity contribution in [1.82, 2.24) is 9.13 Å². The first-order valence-electron chi connectivity index (χ1n) is 8.85. The van der Waals surface area contributed by atoms with E-state index in [2.05, 4.69) is 0 Å². The molecule has 0 unspecified atom stereocenters. The van der Waals surface area contributed by atoms with E-state index in [1.165, 1.54) is 10.6 Å². The molecule has 0 atom stereocenters. The van der Waals surface area contributed by atoms with E-state index in [0.717, 1.165) is 16.7 Å². The largest absolute Gasteiger partial charge is 0.332 e. The molecule has 7 heteroatoms. The Hall–Kier alpha value is -3.25. The van der Waals surface area contributed by atoms with Crippen molar-refractivity contribution in [2.75, 3.05) is 0 Å². The molecule has 0 radical (unpaired) electrons. The standard InChI is InChI=1S/C22H15ClF2N2O2/c23-16-5-3-4-14(10-16)13-27-21(28)17-6-1-2-7-20(17)26(22(27)29)12-15-8-9-18(24)19(25)11-15/h1-11H,12-13H2. The smallest absolute Gasteiger partial charge is 0.289 e. The summed E-state index contributed by atoms with van der Waals surface area (Å²) in [4.78, 5) is 26.1. The molecular weight excluding hydrogens is 398 g/mol. The van der Waals surface area contributed by atoms with Crippen LogP contribution in [0.15, 0.2) is 76.3 Å². The molecular formula is C22H15ClF2N2O2. The molecule has 4 rings (SSSR count). The molecule has 0 aliphatic carbocycles. The fourth-order valence-corrected chi connectivity index (χ4v) is 3.51. The van der Waals surface area contributed by atoms with Gasteiger partial charge in [0, 0.05) is 5.02 Å². The molecule has 0 saturated heterocycles. The van der Waals surface area contributed by atoms with Crippen LogP contribution in [-0.2, 0) is 13.1 Å². The van der Waals surface area contributed by atoms with Gasteiger partial charge in [-0.2, -0.15) is 0 Å². The number of hydrogen-bond acceptors (Lipinski definition) is 2. The van der Waals surface area contributed by atoms with E-state index < -0.39 is 22.9 Å². The number of rotatable bonds is 4. The number of aromatic nitrogens is 2. The molecule has 0 amide bonds. The van der Waals surface area contributed by atoms with Crippen molar-refractivity contribution in [1.29, 1.82) is 0 Å². The average Bonchev–Trinajstić information content (AvgIpc) is 2.71. The average molecular weight is 413 g/mol. The third-order valence-electron chi connectivity index (χ3n) is 4.69. The third kappa shape index (κ3) is 3.71. The quantitative estimate of drug-likeness (QED) is 0.504. The maximum absolute atomic E-state index is 13.6. The molecule has 0 N–H and O–H groups in total. The Bertz CT molecular complexity index is 1340. The van der Waals surface area contributed by atoms with Gasteiger partial charge in [0.1, 0.15) is 0 Å². The molecule has 0 spiro atoms. The van der Waals surface area contributed by atoms with E-state index in [1.54, 1.807) is 48.5 Å². The SMILES string of the molecule is O=c1c2ccccc2n(Cc2ccc(F)c(F)c2)c(=O)n1Cc1cccc(Cl)c1. The Kier molecular flexibility index (Phi) is 5.03. The van der Waals surface area contributed by atoms with Gasteiger partial charge in [-0.05, 0) is 47.5 Å². The Morgan fingerprint density at radius 2 is 1.48 bits per heavy atom. The molecule has 3 aromatic carbocycles. The third-order valence-corrected chi connectivity index (χ3v) is 4.92. The van der Waals surface area contributed by atoms with Crippen molar-refractivity contribution < 1.29 is 8.78 Å². The van der Waals surface area contributed by atoms with Gasteiger partial charge in [-0.15, -0.1) is 0 Å². The minimum absolute atomic E-state index is 0.00757. The maximum atomic E-state index is 13.6. The van der Waals surface area contributed by atoms with Gasteiger partial charge in [-0.1, -0.05) is 41.9 Å². The molecule has 4 aromatic rings. The molecule has 0 aliphatic heterocycles. The molecule has 29 heavy (non-hydrogen) atoms. The van der Waals surface area contributed by atoms with Gasteiger partial charge in [0.05, 0.1) is 24.0 Å². The van der Waals surface area contributed by atoms with E-state index in [9.17, 15) is 18.4 Å². The van der Waals surface area contributed by atoms with Crippen molar-refractivity contribution in [2.24, 2.45) is 0 Å². The summed E-state index contributed by atoms with van der Waals surface area (Å²) in [6.45, 7) is 0.0349. The van der Waals surface area contributed by atoms with E-state index in [1.807, 2.05) is 0 Å².